The predicted octanol–water partition coefficient (Wildman–Crippen LogP) is 1.55. The Morgan fingerprint density at radius 3 is 2.32 bits per heavy atom. The number of nitrogens with zero attached hydrogens (tertiary/aromatic N) is 1. The molecule has 2 saturated heterocycles. The standard InChI is InChI=1S/C15H24N2O2/c1-3-10-7-12-13(8-10)15(19)17(14(12)18)11-4-5-16-9(2)6-11/h9-13,16H,3-8H2,1-2H3. The van der Waals surface area contributed by atoms with E-state index >= 15 is 0 Å². The third-order valence-electron chi connectivity index (χ3n) is 5.31. The molecule has 3 rings (SSSR count). The fourth-order valence-electron chi connectivity index (χ4n) is 4.19. The fourth-order valence-corrected chi connectivity index (χ4v) is 4.19. The van der Waals surface area contributed by atoms with Crippen LogP contribution in [0.3, 0.4) is 0 Å². The Morgan fingerprint density at radius 2 is 1.79 bits per heavy atom. The summed E-state index contributed by atoms with van der Waals surface area (Å²) in [6.07, 6.45) is 4.79. The molecule has 3 fully saturated rings. The maximum absolute atomic E-state index is 12.5. The van der Waals surface area contributed by atoms with Gasteiger partial charge in [0.05, 0.1) is 11.8 Å². The molecule has 4 nitrogen and oxygen atoms in total. The number of fused-ring (bicyclic) bond motifs is 1. The van der Waals surface area contributed by atoms with E-state index < -0.39 is 0 Å². The highest BCUT2D eigenvalue weighted by atomic mass is 16.2. The minimum atomic E-state index is 0.00245. The number of piperidine rings is 1. The van der Waals surface area contributed by atoms with E-state index in [2.05, 4.69) is 19.2 Å². The van der Waals surface area contributed by atoms with Crippen LogP contribution in [0.25, 0.3) is 0 Å². The van der Waals surface area contributed by atoms with Gasteiger partial charge in [-0.3, -0.25) is 14.5 Å². The van der Waals surface area contributed by atoms with Crippen LogP contribution in [0, 0.1) is 17.8 Å². The number of imide groups is 1. The molecule has 2 amide bonds. The molecule has 0 spiro atoms. The van der Waals surface area contributed by atoms with Gasteiger partial charge in [-0.15, -0.1) is 0 Å². The average Bonchev–Trinajstić information content (AvgIpc) is 2.91. The zero-order valence-electron chi connectivity index (χ0n) is 11.9. The van der Waals surface area contributed by atoms with Crippen molar-refractivity contribution < 1.29 is 9.59 Å². The van der Waals surface area contributed by atoms with Crippen LogP contribution in [0.4, 0.5) is 0 Å². The molecule has 0 aromatic carbocycles. The van der Waals surface area contributed by atoms with Crippen LogP contribution in [0.2, 0.25) is 0 Å². The molecule has 3 aliphatic rings. The number of hydrogen-bond acceptors (Lipinski definition) is 3. The number of likely N-dealkylation sites (tertiary alicyclic amines) is 1. The molecule has 2 heterocycles. The van der Waals surface area contributed by atoms with Gasteiger partial charge < -0.3 is 5.32 Å². The Hall–Kier alpha value is -0.900. The van der Waals surface area contributed by atoms with Crippen molar-refractivity contribution in [3.05, 3.63) is 0 Å². The molecule has 0 radical (unpaired) electrons. The molecule has 0 aromatic rings. The Balaban J connectivity index is 1.75. The number of amides is 2. The van der Waals surface area contributed by atoms with Crippen LogP contribution in [0.15, 0.2) is 0 Å². The van der Waals surface area contributed by atoms with Crippen molar-refractivity contribution in [3.63, 3.8) is 0 Å². The molecule has 1 N–H and O–H groups in total. The van der Waals surface area contributed by atoms with Gasteiger partial charge in [0.15, 0.2) is 0 Å². The van der Waals surface area contributed by atoms with Crippen LogP contribution >= 0.6 is 0 Å². The highest BCUT2D eigenvalue weighted by Crippen LogP contribution is 2.45. The van der Waals surface area contributed by atoms with E-state index in [0.717, 1.165) is 38.6 Å². The minimum Gasteiger partial charge on any atom is -0.314 e. The summed E-state index contributed by atoms with van der Waals surface area (Å²) in [4.78, 5) is 26.7. The maximum Gasteiger partial charge on any atom is 0.233 e. The second-order valence-electron chi connectivity index (χ2n) is 6.54. The third kappa shape index (κ3) is 2.10. The van der Waals surface area contributed by atoms with E-state index in [1.54, 1.807) is 4.90 Å². The van der Waals surface area contributed by atoms with E-state index in [1.807, 2.05) is 0 Å². The van der Waals surface area contributed by atoms with Gasteiger partial charge in [0.25, 0.3) is 0 Å². The highest BCUT2D eigenvalue weighted by Gasteiger charge is 2.54. The first-order chi connectivity index (χ1) is 9.11. The van der Waals surface area contributed by atoms with Crippen molar-refractivity contribution >= 4 is 11.8 Å². The first-order valence-corrected chi connectivity index (χ1v) is 7.72. The molecule has 106 valence electrons. The zero-order valence-corrected chi connectivity index (χ0v) is 11.9. The van der Waals surface area contributed by atoms with Crippen molar-refractivity contribution in [3.8, 4) is 0 Å². The van der Waals surface area contributed by atoms with Crippen LogP contribution in [-0.2, 0) is 9.59 Å². The molecule has 4 heteroatoms. The molecule has 19 heavy (non-hydrogen) atoms. The van der Waals surface area contributed by atoms with Crippen LogP contribution in [0.5, 0.6) is 0 Å². The fraction of sp³-hybridized carbons (Fsp3) is 0.867. The second kappa shape index (κ2) is 4.89. The maximum atomic E-state index is 12.5. The van der Waals surface area contributed by atoms with Crippen LogP contribution in [0.1, 0.15) is 46.0 Å². The van der Waals surface area contributed by atoms with Gasteiger partial charge in [-0.1, -0.05) is 13.3 Å². The van der Waals surface area contributed by atoms with Crippen molar-refractivity contribution in [2.24, 2.45) is 17.8 Å². The summed E-state index contributed by atoms with van der Waals surface area (Å²) in [6, 6.07) is 0.546. The molecule has 1 saturated carbocycles. The normalized spacial score (nSPS) is 42.8. The summed E-state index contributed by atoms with van der Waals surface area (Å²) in [7, 11) is 0. The minimum absolute atomic E-state index is 0.00245. The average molecular weight is 264 g/mol. The van der Waals surface area contributed by atoms with Crippen molar-refractivity contribution in [2.45, 2.75) is 58.0 Å². The molecule has 0 aromatic heterocycles. The molecule has 1 aliphatic carbocycles. The summed E-state index contributed by atoms with van der Waals surface area (Å²) in [5, 5.41) is 3.38. The topological polar surface area (TPSA) is 49.4 Å². The van der Waals surface area contributed by atoms with E-state index in [1.165, 1.54) is 0 Å². The molecule has 4 atom stereocenters. The van der Waals surface area contributed by atoms with Crippen LogP contribution in [-0.4, -0.2) is 35.3 Å². The van der Waals surface area contributed by atoms with Gasteiger partial charge in [0, 0.05) is 12.1 Å². The molecule has 0 bridgehead atoms. The number of carbonyl (C=O) groups excluding carboxylic acids is 2. The summed E-state index contributed by atoms with van der Waals surface area (Å²) in [5.41, 5.74) is 0. The number of carbonyl (C=O) groups is 2. The van der Waals surface area contributed by atoms with E-state index in [0.29, 0.717) is 12.0 Å². The van der Waals surface area contributed by atoms with Gasteiger partial charge in [-0.05, 0) is 45.1 Å². The third-order valence-corrected chi connectivity index (χ3v) is 5.31. The van der Waals surface area contributed by atoms with Gasteiger partial charge in [0.2, 0.25) is 11.8 Å². The molecule has 2 aliphatic heterocycles. The number of rotatable bonds is 2. The molecular formula is C15H24N2O2. The monoisotopic (exact) mass is 264 g/mol. The van der Waals surface area contributed by atoms with Gasteiger partial charge in [0.1, 0.15) is 0 Å². The quantitative estimate of drug-likeness (QED) is 0.770. The lowest BCUT2D eigenvalue weighted by molar-refractivity contribution is -0.144. The molecule has 4 unspecified atom stereocenters. The van der Waals surface area contributed by atoms with Gasteiger partial charge in [-0.2, -0.15) is 0 Å². The van der Waals surface area contributed by atoms with Gasteiger partial charge >= 0.3 is 0 Å². The second-order valence-corrected chi connectivity index (χ2v) is 6.54. The smallest absolute Gasteiger partial charge is 0.233 e. The predicted molar refractivity (Wildman–Crippen MR) is 72.3 cm³/mol. The Bertz CT molecular complexity index is 372. The van der Waals surface area contributed by atoms with E-state index in [4.69, 9.17) is 0 Å². The van der Waals surface area contributed by atoms with E-state index in [9.17, 15) is 9.59 Å². The van der Waals surface area contributed by atoms with Gasteiger partial charge in [-0.25, -0.2) is 0 Å². The van der Waals surface area contributed by atoms with E-state index in [-0.39, 0.29) is 29.7 Å². The SMILES string of the molecule is CCC1CC2C(=O)N(C3CCNC(C)C3)C(=O)C2C1. The first-order valence-electron chi connectivity index (χ1n) is 7.72. The lowest BCUT2D eigenvalue weighted by atomic mass is 9.98. The Labute approximate surface area is 114 Å². The van der Waals surface area contributed by atoms with Crippen LogP contribution < -0.4 is 5.32 Å². The van der Waals surface area contributed by atoms with Crippen molar-refractivity contribution in [1.82, 2.24) is 10.2 Å². The van der Waals surface area contributed by atoms with Crippen molar-refractivity contribution in [1.29, 1.82) is 0 Å². The first kappa shape index (κ1) is 13.1. The van der Waals surface area contributed by atoms with Crippen molar-refractivity contribution in [2.75, 3.05) is 6.54 Å². The number of hydrogen-bond donors (Lipinski definition) is 1. The Morgan fingerprint density at radius 1 is 1.16 bits per heavy atom. The highest BCUT2D eigenvalue weighted by molar-refractivity contribution is 6.05. The zero-order chi connectivity index (χ0) is 13.6. The Kier molecular flexibility index (Phi) is 3.37. The summed E-state index contributed by atoms with van der Waals surface area (Å²) < 4.78 is 0. The number of nitrogens with one attached hydrogen (secondary N) is 1. The summed E-state index contributed by atoms with van der Waals surface area (Å²) >= 11 is 0. The lowest BCUT2D eigenvalue weighted by Crippen LogP contribution is -2.49. The summed E-state index contributed by atoms with van der Waals surface area (Å²) in [5.74, 6) is 0.845. The summed E-state index contributed by atoms with van der Waals surface area (Å²) in [6.45, 7) is 5.20. The largest absolute Gasteiger partial charge is 0.314 e. The molecular weight excluding hydrogens is 240 g/mol. The lowest BCUT2D eigenvalue weighted by Gasteiger charge is -2.34.